The van der Waals surface area contributed by atoms with Crippen LogP contribution < -0.4 is 58.5 Å². The topological polar surface area (TPSA) is 581 Å². The Kier molecular flexibility index (Phi) is 43.1. The monoisotopic (exact) mass is 1320 g/mol. The minimum absolute atomic E-state index is 0.0317. The summed E-state index contributed by atoms with van der Waals surface area (Å²) in [6.07, 6.45) is -4.21. The number of aldehydes is 3. The third kappa shape index (κ3) is 39.8. The number of aliphatic hydroxyl groups is 3. The van der Waals surface area contributed by atoms with Crippen molar-refractivity contribution in [1.29, 1.82) is 0 Å². The lowest BCUT2D eigenvalue weighted by Crippen LogP contribution is -2.45. The normalized spacial score (nSPS) is 14.1. The number of hydrogen-bond donors (Lipinski definition) is 18. The van der Waals surface area contributed by atoms with Crippen LogP contribution in [0.4, 0.5) is 0 Å². The Morgan fingerprint density at radius 2 is 0.543 bits per heavy atom. The van der Waals surface area contributed by atoms with Crippen molar-refractivity contribution in [1.82, 2.24) is 58.5 Å². The van der Waals surface area contributed by atoms with Gasteiger partial charge < -0.3 is 109 Å². The molecule has 0 aliphatic rings. The van der Waals surface area contributed by atoms with Crippen LogP contribution in [0.5, 0.6) is 0 Å². The van der Waals surface area contributed by atoms with Gasteiger partial charge in [-0.3, -0.25) is 52.7 Å². The summed E-state index contributed by atoms with van der Waals surface area (Å²) in [7, 11) is 0. The van der Waals surface area contributed by atoms with Crippen LogP contribution in [-0.4, -0.2) is 230 Å². The summed E-state index contributed by atoms with van der Waals surface area (Å²) >= 11 is 0. The van der Waals surface area contributed by atoms with E-state index in [2.05, 4.69) is 58.5 Å². The van der Waals surface area contributed by atoms with Gasteiger partial charge >= 0.3 is 23.9 Å². The van der Waals surface area contributed by atoms with Gasteiger partial charge in [0, 0.05) is 77.7 Å². The molecule has 0 aliphatic carbocycles. The number of aliphatic hydroxyl groups excluding tert-OH is 3. The Morgan fingerprint density at radius 1 is 0.315 bits per heavy atom. The second-order valence-electron chi connectivity index (χ2n) is 21.3. The van der Waals surface area contributed by atoms with E-state index in [4.69, 9.17) is 0 Å². The van der Waals surface area contributed by atoms with Gasteiger partial charge in [-0.2, -0.15) is 0 Å². The van der Waals surface area contributed by atoms with Crippen molar-refractivity contribution in [3.63, 3.8) is 0 Å². The lowest BCUT2D eigenvalue weighted by molar-refractivity contribution is -0.142. The van der Waals surface area contributed by atoms with Crippen molar-refractivity contribution in [2.75, 3.05) is 26.4 Å². The van der Waals surface area contributed by atoms with Gasteiger partial charge in [0.05, 0.1) is 56.1 Å². The minimum Gasteiger partial charge on any atom is -0.480 e. The van der Waals surface area contributed by atoms with Crippen molar-refractivity contribution < 1.29 is 122 Å². The molecule has 0 aromatic heterocycles. The highest BCUT2D eigenvalue weighted by atomic mass is 16.4. The molecule has 0 radical (unpaired) electrons. The lowest BCUT2D eigenvalue weighted by Gasteiger charge is -2.20. The highest BCUT2D eigenvalue weighted by Gasteiger charge is 2.28. The fourth-order valence-corrected chi connectivity index (χ4v) is 8.33. The number of carboxylic acid groups (broad SMARTS) is 4. The van der Waals surface area contributed by atoms with E-state index in [1.54, 1.807) is 0 Å². The molecule has 0 spiro atoms. The van der Waals surface area contributed by atoms with E-state index in [1.165, 1.54) is 0 Å². The maximum absolute atomic E-state index is 12.8. The molecule has 11 amide bonds. The molecule has 36 nitrogen and oxygen atoms in total. The number of unbranched alkanes of at least 4 members (excludes halogenated alkanes) is 1. The molecule has 0 bridgehead atoms. The molecule has 36 heteroatoms. The van der Waals surface area contributed by atoms with Crippen LogP contribution in [0.25, 0.3) is 0 Å². The standard InChI is InChI=1S/C56H89N11O25/c1-3-4-25-57-43(75)15-5-34(27-69)60-45(77)21-11-40(54(87)88)66-51(83)19-9-38(31-73)63-48(80)24-14-42(56(91)92)65-50(82)18-8-36(29-71)59-44(76)16-7-35(28-70)61-46(78)22-13-41(55(89)90)67-52(84)20-10-37(30-72)62-47(79)23-12-39(53(85)86)64-49(81)17-6-33(26-68)58-32(2)74/h26,28,30,33-42,69,71,73H,3-25,27,29,31H2,1-2H3,(H,57,75)(H,58,74)(H,59,76)(H,60,77)(H,61,78)(H,62,79)(H,63,80)(H,64,81)(H,65,82)(H,66,83)(H,67,84)(H,85,86)(H,87,88)(H,89,90)(H,91,92)/t33-,34-,35-,36-,37-,38-,39?,40?,41?,42-/m0/s1. The van der Waals surface area contributed by atoms with Gasteiger partial charge in [0.15, 0.2) is 0 Å². The fraction of sp³-hybridized carbons (Fsp3) is 0.679. The zero-order valence-corrected chi connectivity index (χ0v) is 51.4. The van der Waals surface area contributed by atoms with Crippen LogP contribution in [0.3, 0.4) is 0 Å². The number of hydrogen-bond acceptors (Lipinski definition) is 21. The van der Waals surface area contributed by atoms with Crippen LogP contribution >= 0.6 is 0 Å². The number of nitrogens with one attached hydrogen (secondary N) is 11. The molecule has 518 valence electrons. The highest BCUT2D eigenvalue weighted by molar-refractivity contribution is 5.89. The van der Waals surface area contributed by atoms with Crippen molar-refractivity contribution >= 4 is 108 Å². The lowest BCUT2D eigenvalue weighted by atomic mass is 10.1. The molecule has 3 unspecified atom stereocenters. The molecule has 10 atom stereocenters. The van der Waals surface area contributed by atoms with Gasteiger partial charge in [-0.25, -0.2) is 19.2 Å². The molecule has 18 N–H and O–H groups in total. The molecule has 0 aromatic rings. The van der Waals surface area contributed by atoms with Crippen LogP contribution in [0, 0.1) is 0 Å². The summed E-state index contributed by atoms with van der Waals surface area (Å²) in [5.41, 5.74) is 0. The number of rotatable bonds is 53. The Morgan fingerprint density at radius 3 is 0.783 bits per heavy atom. The highest BCUT2D eigenvalue weighted by Crippen LogP contribution is 2.10. The van der Waals surface area contributed by atoms with E-state index < -0.39 is 227 Å². The molecule has 0 aliphatic heterocycles. The summed E-state index contributed by atoms with van der Waals surface area (Å²) in [6.45, 7) is 1.73. The Bertz CT molecular complexity index is 2500. The van der Waals surface area contributed by atoms with Gasteiger partial charge in [-0.1, -0.05) is 13.3 Å². The summed E-state index contributed by atoms with van der Waals surface area (Å²) in [4.78, 5) is 219. The molecule has 0 heterocycles. The van der Waals surface area contributed by atoms with Crippen molar-refractivity contribution in [2.24, 2.45) is 0 Å². The Labute approximate surface area is 528 Å². The number of amides is 11. The molecule has 0 fully saturated rings. The van der Waals surface area contributed by atoms with Crippen molar-refractivity contribution in [2.45, 2.75) is 216 Å². The number of aliphatic carboxylic acids is 4. The maximum atomic E-state index is 12.8. The van der Waals surface area contributed by atoms with Crippen LogP contribution in [-0.2, 0) is 86.3 Å². The summed E-state index contributed by atoms with van der Waals surface area (Å²) in [6, 6.07) is -12.8. The smallest absolute Gasteiger partial charge is 0.326 e. The predicted octanol–water partition coefficient (Wildman–Crippen LogP) is -5.52. The summed E-state index contributed by atoms with van der Waals surface area (Å²) < 4.78 is 0. The third-order valence-corrected chi connectivity index (χ3v) is 13.6. The van der Waals surface area contributed by atoms with Crippen LogP contribution in [0.2, 0.25) is 0 Å². The molecule has 92 heavy (non-hydrogen) atoms. The predicted molar refractivity (Wildman–Crippen MR) is 315 cm³/mol. The van der Waals surface area contributed by atoms with E-state index in [-0.39, 0.29) is 82.7 Å². The van der Waals surface area contributed by atoms with E-state index in [0.29, 0.717) is 12.8 Å². The number of carbonyl (C=O) groups excluding carboxylic acids is 14. The first-order chi connectivity index (χ1) is 43.5. The SMILES string of the molecule is CCCCNC(=O)CC[C@@H](CO)NC(=O)CCC(NC(=O)CC[C@@H](CO)NC(=O)CC[C@H](NC(=O)CC[C@@H](CO)NC(=O)CC[C@@H](C=O)NC(=O)CCC(NC(=O)CC[C@@H](C=O)NC(=O)CCC(NC(=O)CC[C@@H](C=O)NC(C)=O)C(=O)O)C(=O)O)C(=O)O)C(=O)O. The largest absolute Gasteiger partial charge is 0.480 e. The van der Waals surface area contributed by atoms with Crippen LogP contribution in [0.1, 0.15) is 155 Å². The minimum atomic E-state index is -1.65. The third-order valence-electron chi connectivity index (χ3n) is 13.6. The van der Waals surface area contributed by atoms with E-state index >= 15 is 0 Å². The average Bonchev–Trinajstić information content (AvgIpc) is 1.67. The Hall–Kier alpha value is -9.06. The zero-order chi connectivity index (χ0) is 69.7. The molecular weight excluding hydrogens is 1230 g/mol. The molecule has 0 rings (SSSR count). The second-order valence-corrected chi connectivity index (χ2v) is 21.3. The Balaban J connectivity index is 4.96. The molecule has 0 saturated carbocycles. The molecule has 0 aromatic carbocycles. The first-order valence-electron chi connectivity index (χ1n) is 29.8. The average molecular weight is 1320 g/mol. The van der Waals surface area contributed by atoms with E-state index in [9.17, 15) is 122 Å². The van der Waals surface area contributed by atoms with Gasteiger partial charge in [-0.05, 0) is 70.6 Å². The van der Waals surface area contributed by atoms with Gasteiger partial charge in [0.25, 0.3) is 0 Å². The molecular formula is C56H89N11O25. The van der Waals surface area contributed by atoms with E-state index in [0.717, 1.165) is 19.8 Å². The number of carboxylic acids is 4. The zero-order valence-electron chi connectivity index (χ0n) is 51.4. The number of carbonyl (C=O) groups is 18. The fourth-order valence-electron chi connectivity index (χ4n) is 8.33. The van der Waals surface area contributed by atoms with Crippen LogP contribution in [0.15, 0.2) is 0 Å². The quantitative estimate of drug-likeness (QED) is 0.0200. The van der Waals surface area contributed by atoms with Crippen molar-refractivity contribution in [3.05, 3.63) is 0 Å². The van der Waals surface area contributed by atoms with Gasteiger partial charge in [0.1, 0.15) is 43.0 Å². The molecule has 0 saturated heterocycles. The summed E-state index contributed by atoms with van der Waals surface area (Å²) in [5.74, 6) is -14.1. The maximum Gasteiger partial charge on any atom is 0.326 e. The first-order valence-corrected chi connectivity index (χ1v) is 29.8. The summed E-state index contributed by atoms with van der Waals surface area (Å²) in [5, 5.41) is 93.6. The van der Waals surface area contributed by atoms with Crippen molar-refractivity contribution in [3.8, 4) is 0 Å². The van der Waals surface area contributed by atoms with E-state index in [1.807, 2.05) is 6.92 Å². The van der Waals surface area contributed by atoms with Gasteiger partial charge in [0.2, 0.25) is 65.0 Å². The second kappa shape index (κ2) is 47.8. The first kappa shape index (κ1) is 82.9. The van der Waals surface area contributed by atoms with Gasteiger partial charge in [-0.15, -0.1) is 0 Å².